The van der Waals surface area contributed by atoms with Crippen molar-refractivity contribution < 1.29 is 14.4 Å². The Kier molecular flexibility index (Phi) is 5.18. The normalized spacial score (nSPS) is 15.0. The first kappa shape index (κ1) is 17.0. The van der Waals surface area contributed by atoms with E-state index in [2.05, 4.69) is 34.7 Å². The number of benzene rings is 2. The smallest absolute Gasteiger partial charge is 0.366 e. The molecule has 4 nitrogen and oxygen atoms in total. The van der Waals surface area contributed by atoms with Crippen LogP contribution in [0.2, 0.25) is 0 Å². The third kappa shape index (κ3) is 3.31. The molecule has 0 saturated carbocycles. The van der Waals surface area contributed by atoms with Crippen molar-refractivity contribution in [2.45, 2.75) is 26.2 Å². The number of fused-ring (bicyclic) bond motifs is 1. The molecular weight excluding hydrogens is 417 g/mol. The summed E-state index contributed by atoms with van der Waals surface area (Å²) in [6, 6.07) is 11.3. The molecule has 5 heteroatoms. The van der Waals surface area contributed by atoms with Gasteiger partial charge < -0.3 is 9.57 Å². The van der Waals surface area contributed by atoms with Crippen molar-refractivity contribution in [3.8, 4) is 5.75 Å². The van der Waals surface area contributed by atoms with Gasteiger partial charge in [-0.1, -0.05) is 17.3 Å². The van der Waals surface area contributed by atoms with E-state index in [9.17, 15) is 4.79 Å². The van der Waals surface area contributed by atoms with Gasteiger partial charge in [-0.3, -0.25) is 0 Å². The van der Waals surface area contributed by atoms with E-state index >= 15 is 0 Å². The molecule has 0 heterocycles. The van der Waals surface area contributed by atoms with Gasteiger partial charge in [0.05, 0.1) is 18.4 Å². The van der Waals surface area contributed by atoms with E-state index in [-0.39, 0.29) is 0 Å². The monoisotopic (exact) mass is 435 g/mol. The largest absolute Gasteiger partial charge is 0.496 e. The number of ether oxygens (including phenoxy) is 1. The van der Waals surface area contributed by atoms with Gasteiger partial charge in [-0.2, -0.15) is 0 Å². The van der Waals surface area contributed by atoms with E-state index in [0.717, 1.165) is 45.4 Å². The molecule has 0 spiro atoms. The summed E-state index contributed by atoms with van der Waals surface area (Å²) < 4.78 is 6.24. The first-order chi connectivity index (χ1) is 11.6. The minimum atomic E-state index is -0.426. The van der Waals surface area contributed by atoms with Crippen LogP contribution in [0.1, 0.15) is 39.9 Å². The van der Waals surface area contributed by atoms with Crippen LogP contribution in [-0.4, -0.2) is 18.8 Å². The average molecular weight is 435 g/mol. The second-order valence-corrected chi connectivity index (χ2v) is 6.83. The molecule has 1 aliphatic rings. The molecular formula is C19H18INO3. The maximum Gasteiger partial charge on any atom is 0.366 e. The van der Waals surface area contributed by atoms with Crippen molar-refractivity contribution in [2.24, 2.45) is 5.16 Å². The molecule has 0 aliphatic heterocycles. The van der Waals surface area contributed by atoms with Gasteiger partial charge in [0, 0.05) is 9.13 Å². The molecule has 0 radical (unpaired) electrons. The lowest BCUT2D eigenvalue weighted by molar-refractivity contribution is 0.0514. The number of methoxy groups -OCH3 is 1. The van der Waals surface area contributed by atoms with Crippen molar-refractivity contribution in [2.75, 3.05) is 7.11 Å². The number of nitrogens with zero attached hydrogens (tertiary/aromatic N) is 1. The quantitative estimate of drug-likeness (QED) is 0.405. The second kappa shape index (κ2) is 7.34. The van der Waals surface area contributed by atoms with E-state index in [0.29, 0.717) is 5.56 Å². The van der Waals surface area contributed by atoms with Gasteiger partial charge in [0.2, 0.25) is 0 Å². The number of carbonyl (C=O) groups is 1. The second-order valence-electron chi connectivity index (χ2n) is 5.67. The van der Waals surface area contributed by atoms with Crippen LogP contribution in [0.25, 0.3) is 0 Å². The Morgan fingerprint density at radius 2 is 1.96 bits per heavy atom. The Balaban J connectivity index is 1.87. The zero-order valence-corrected chi connectivity index (χ0v) is 15.8. The van der Waals surface area contributed by atoms with Crippen LogP contribution in [0, 0.1) is 10.5 Å². The molecule has 0 atom stereocenters. The number of hydrogen-bond acceptors (Lipinski definition) is 4. The Labute approximate surface area is 155 Å². The van der Waals surface area contributed by atoms with E-state index in [4.69, 9.17) is 9.57 Å². The van der Waals surface area contributed by atoms with Crippen molar-refractivity contribution in [3.05, 3.63) is 62.2 Å². The van der Waals surface area contributed by atoms with Crippen LogP contribution in [0.15, 0.2) is 41.6 Å². The molecule has 1 aliphatic carbocycles. The summed E-state index contributed by atoms with van der Waals surface area (Å²) in [6.45, 7) is 2.05. The summed E-state index contributed by atoms with van der Waals surface area (Å²) in [5.41, 5.74) is 4.76. The first-order valence-electron chi connectivity index (χ1n) is 7.81. The molecule has 2 aromatic rings. The van der Waals surface area contributed by atoms with Crippen LogP contribution in [0.5, 0.6) is 5.75 Å². The molecule has 0 aromatic heterocycles. The summed E-state index contributed by atoms with van der Waals surface area (Å²) in [4.78, 5) is 17.4. The molecule has 0 amide bonds. The summed E-state index contributed by atoms with van der Waals surface area (Å²) in [5, 5.41) is 4.16. The fraction of sp³-hybridized carbons (Fsp3) is 0.263. The van der Waals surface area contributed by atoms with E-state index in [1.165, 1.54) is 5.56 Å². The molecule has 2 aromatic carbocycles. The predicted molar refractivity (Wildman–Crippen MR) is 102 cm³/mol. The van der Waals surface area contributed by atoms with Gasteiger partial charge in [0.1, 0.15) is 5.75 Å². The van der Waals surface area contributed by atoms with Crippen LogP contribution >= 0.6 is 22.6 Å². The van der Waals surface area contributed by atoms with Crippen molar-refractivity contribution >= 4 is 34.3 Å². The average Bonchev–Trinajstić information content (AvgIpc) is 2.60. The topological polar surface area (TPSA) is 47.9 Å². The molecule has 0 fully saturated rings. The summed E-state index contributed by atoms with van der Waals surface area (Å²) in [5.74, 6) is 0.454. The highest BCUT2D eigenvalue weighted by atomic mass is 127. The van der Waals surface area contributed by atoms with E-state index < -0.39 is 5.97 Å². The van der Waals surface area contributed by atoms with Gasteiger partial charge in [-0.25, -0.2) is 4.79 Å². The molecule has 0 saturated heterocycles. The summed E-state index contributed by atoms with van der Waals surface area (Å²) in [7, 11) is 1.68. The fourth-order valence-electron chi connectivity index (χ4n) is 2.98. The highest BCUT2D eigenvalue weighted by Crippen LogP contribution is 2.30. The Bertz CT molecular complexity index is 814. The maximum absolute atomic E-state index is 12.2. The predicted octanol–water partition coefficient (Wildman–Crippen LogP) is 4.51. The van der Waals surface area contributed by atoms with Crippen LogP contribution in [0.4, 0.5) is 0 Å². The standard InChI is InChI=1S/C19H18INO3/c1-12-13-7-5-9-17(14(13)10-11-18(12)23-2)21-24-19(22)15-6-3-4-8-16(15)20/h3-4,6,8,10-11H,5,7,9H2,1-2H3. The maximum atomic E-state index is 12.2. The zero-order chi connectivity index (χ0) is 17.1. The van der Waals surface area contributed by atoms with Gasteiger partial charge >= 0.3 is 5.97 Å². The number of rotatable bonds is 3. The highest BCUT2D eigenvalue weighted by Gasteiger charge is 2.20. The summed E-state index contributed by atoms with van der Waals surface area (Å²) >= 11 is 2.12. The molecule has 0 bridgehead atoms. The molecule has 3 rings (SSSR count). The number of oxime groups is 1. The van der Waals surface area contributed by atoms with E-state index in [1.807, 2.05) is 30.3 Å². The van der Waals surface area contributed by atoms with Gasteiger partial charge in [0.15, 0.2) is 0 Å². The summed E-state index contributed by atoms with van der Waals surface area (Å²) in [6.07, 6.45) is 2.78. The lowest BCUT2D eigenvalue weighted by Crippen LogP contribution is -2.15. The number of carbonyl (C=O) groups excluding carboxylic acids is 1. The van der Waals surface area contributed by atoms with Crippen molar-refractivity contribution in [3.63, 3.8) is 0 Å². The Morgan fingerprint density at radius 3 is 2.71 bits per heavy atom. The van der Waals surface area contributed by atoms with Gasteiger partial charge in [-0.15, -0.1) is 0 Å². The molecule has 0 N–H and O–H groups in total. The van der Waals surface area contributed by atoms with Crippen LogP contribution in [0.3, 0.4) is 0 Å². The number of halogens is 1. The fourth-order valence-corrected chi connectivity index (χ4v) is 3.59. The van der Waals surface area contributed by atoms with Crippen molar-refractivity contribution in [1.82, 2.24) is 0 Å². The van der Waals surface area contributed by atoms with Gasteiger partial charge in [0.25, 0.3) is 0 Å². The molecule has 124 valence electrons. The third-order valence-electron chi connectivity index (χ3n) is 4.25. The lowest BCUT2D eigenvalue weighted by Gasteiger charge is -2.21. The third-order valence-corrected chi connectivity index (χ3v) is 5.19. The minimum absolute atomic E-state index is 0.426. The number of hydrogen-bond donors (Lipinski definition) is 0. The Morgan fingerprint density at radius 1 is 1.17 bits per heavy atom. The molecule has 24 heavy (non-hydrogen) atoms. The lowest BCUT2D eigenvalue weighted by atomic mass is 9.87. The zero-order valence-electron chi connectivity index (χ0n) is 13.6. The van der Waals surface area contributed by atoms with Gasteiger partial charge in [-0.05, 0) is 84.2 Å². The first-order valence-corrected chi connectivity index (χ1v) is 8.89. The SMILES string of the molecule is COc1ccc2c(c1C)CCCC2=NOC(=O)c1ccccc1I. The van der Waals surface area contributed by atoms with Crippen LogP contribution < -0.4 is 4.74 Å². The molecule has 0 unspecified atom stereocenters. The highest BCUT2D eigenvalue weighted by molar-refractivity contribution is 14.1. The van der Waals surface area contributed by atoms with Crippen molar-refractivity contribution in [1.29, 1.82) is 0 Å². The van der Waals surface area contributed by atoms with Crippen LogP contribution in [-0.2, 0) is 11.3 Å². The minimum Gasteiger partial charge on any atom is -0.496 e. The van der Waals surface area contributed by atoms with E-state index in [1.54, 1.807) is 13.2 Å². The Hall–Kier alpha value is -1.89.